The summed E-state index contributed by atoms with van der Waals surface area (Å²) in [7, 11) is 0. The van der Waals surface area contributed by atoms with Crippen molar-refractivity contribution < 1.29 is 136 Å². The first kappa shape index (κ1) is 48.5. The average molecular weight is 688 g/mol. The van der Waals surface area contributed by atoms with Gasteiger partial charge in [0.15, 0.2) is 0 Å². The number of hydrogen-bond acceptors (Lipinski definition) is 5. The molecule has 0 aliphatic rings. The van der Waals surface area contributed by atoms with Gasteiger partial charge in [0.05, 0.1) is 12.0 Å². The Balaban J connectivity index is -0.000000735. The summed E-state index contributed by atoms with van der Waals surface area (Å²) in [5.74, 6) is -3.37. The van der Waals surface area contributed by atoms with Gasteiger partial charge in [-0.15, -0.1) is 0 Å². The van der Waals surface area contributed by atoms with E-state index in [-0.39, 0.29) is 100 Å². The second-order valence-electron chi connectivity index (χ2n) is 10.5. The topological polar surface area (TPSA) is 102 Å². The van der Waals surface area contributed by atoms with E-state index in [1.165, 1.54) is 42.5 Å². The van der Waals surface area contributed by atoms with Crippen LogP contribution >= 0.6 is 0 Å². The number of carbonyl (C=O) groups is 2. The van der Waals surface area contributed by atoms with Crippen LogP contribution in [-0.2, 0) is 9.59 Å². The van der Waals surface area contributed by atoms with E-state index in [2.05, 4.69) is 4.99 Å². The largest absolute Gasteiger partial charge is 1.00 e. The summed E-state index contributed by atoms with van der Waals surface area (Å²) < 4.78 is 105. The smallest absolute Gasteiger partial charge is 0.548 e. The van der Waals surface area contributed by atoms with Crippen LogP contribution in [0.25, 0.3) is 0 Å². The number of carboxylic acid groups (broad SMARTS) is 2. The van der Waals surface area contributed by atoms with Gasteiger partial charge in [-0.25, -0.2) is 8.78 Å². The molecule has 17 heteroatoms. The van der Waals surface area contributed by atoms with E-state index in [9.17, 15) is 49.8 Å². The van der Waals surface area contributed by atoms with Crippen molar-refractivity contribution >= 4 is 26.1 Å². The van der Waals surface area contributed by atoms with Crippen molar-refractivity contribution in [2.24, 2.45) is 4.99 Å². The predicted octanol–water partition coefficient (Wildman–Crippen LogP) is -1.68. The van der Waals surface area contributed by atoms with E-state index in [1.807, 2.05) is 5.32 Å². The molecule has 0 amide bonds. The fourth-order valence-corrected chi connectivity index (χ4v) is 3.63. The summed E-state index contributed by atoms with van der Waals surface area (Å²) in [6.07, 6.45) is -10.8. The summed E-state index contributed by atoms with van der Waals surface area (Å²) in [4.78, 5) is 25.2. The van der Waals surface area contributed by atoms with Crippen LogP contribution in [-0.4, -0.2) is 66.9 Å². The van der Waals surface area contributed by atoms with E-state index in [0.717, 1.165) is 39.8 Å². The van der Waals surface area contributed by atoms with Gasteiger partial charge in [-0.3, -0.25) is 15.1 Å². The molecule has 0 bridgehead atoms. The molecule has 0 aliphatic carbocycles. The van der Waals surface area contributed by atoms with Crippen molar-refractivity contribution in [3.63, 3.8) is 0 Å². The molecule has 0 saturated carbocycles. The first-order valence-corrected chi connectivity index (χ1v) is 12.4. The predicted molar refractivity (Wildman–Crippen MR) is 149 cm³/mol. The second-order valence-corrected chi connectivity index (χ2v) is 10.5. The van der Waals surface area contributed by atoms with Gasteiger partial charge in [-0.2, -0.15) is 26.3 Å². The maximum absolute atomic E-state index is 13.6. The summed E-state index contributed by atoms with van der Waals surface area (Å²) in [6, 6.07) is 7.70. The molecule has 242 valence electrons. The van der Waals surface area contributed by atoms with Gasteiger partial charge < -0.3 is 15.0 Å². The zero-order valence-electron chi connectivity index (χ0n) is 25.1. The molecular formula is C28H35BF8KN2NaO4. The number of aliphatic imine (C=N–C) groups is 1. The molecular weight excluding hydrogens is 653 g/mol. The number of rotatable bonds is 11. The molecule has 6 nitrogen and oxygen atoms in total. The van der Waals surface area contributed by atoms with Crippen LogP contribution in [0, 0.1) is 0 Å². The quantitative estimate of drug-likeness (QED) is 0.167. The molecule has 2 aromatic rings. The summed E-state index contributed by atoms with van der Waals surface area (Å²) in [5, 5.41) is 21.9. The molecule has 0 aliphatic heterocycles. The van der Waals surface area contributed by atoms with Crippen molar-refractivity contribution in [2.75, 3.05) is 0 Å². The Kier molecular flexibility index (Phi) is 22.1. The number of hydrogen-bond donors (Lipinski definition) is 2. The molecule has 0 fully saturated rings. The minimum absolute atomic E-state index is 0. The van der Waals surface area contributed by atoms with Crippen molar-refractivity contribution in [3.8, 4) is 0 Å². The van der Waals surface area contributed by atoms with E-state index >= 15 is 0 Å². The van der Waals surface area contributed by atoms with Crippen LogP contribution in [0.15, 0.2) is 65.7 Å². The van der Waals surface area contributed by atoms with Crippen LogP contribution in [0.4, 0.5) is 35.1 Å². The third-order valence-electron chi connectivity index (χ3n) is 5.37. The molecule has 0 spiro atoms. The van der Waals surface area contributed by atoms with Gasteiger partial charge in [0, 0.05) is 18.4 Å². The summed E-state index contributed by atoms with van der Waals surface area (Å²) in [5.41, 5.74) is -5.65. The molecule has 45 heavy (non-hydrogen) atoms. The van der Waals surface area contributed by atoms with E-state index < -0.39 is 72.3 Å². The van der Waals surface area contributed by atoms with Crippen molar-refractivity contribution in [1.29, 1.82) is 0 Å². The molecule has 0 saturated heterocycles. The second kappa shape index (κ2) is 20.5. The molecule has 0 heterocycles. The van der Waals surface area contributed by atoms with E-state index in [0.29, 0.717) is 0 Å². The number of carbonyl (C=O) groups excluding carboxylic acids is 1. The Hall–Kier alpha value is -0.849. The molecule has 2 rings (SSSR count). The van der Waals surface area contributed by atoms with Crippen LogP contribution in [0.5, 0.6) is 0 Å². The Morgan fingerprint density at radius 2 is 1.24 bits per heavy atom. The third-order valence-corrected chi connectivity index (χ3v) is 5.37. The standard InChI is InChI=1S/C14H17F4NO2.C14H15F4NO2.BH4.K.Na/c2*1-13(2,15)8-10(12(20)21)19-11(14(16,17)18)9-6-4-3-5-7-9;;;/h3-7,10-11,19H,8H2,1-2H3,(H,20,21);3-7,10H,8H2,1-2H3,(H,20,21);1H4;;/q;;-1;2*+1/p-1/t10-,11+;10-;;;/m00.../s1. The maximum Gasteiger partial charge on any atom is 1.00 e. The van der Waals surface area contributed by atoms with Gasteiger partial charge >= 0.3 is 99.3 Å². The molecule has 2 N–H and O–H groups in total. The number of alkyl halides is 8. The van der Waals surface area contributed by atoms with Crippen LogP contribution < -0.4 is 91.4 Å². The summed E-state index contributed by atoms with van der Waals surface area (Å²) in [6.45, 7) is 4.37. The SMILES string of the molecule is CC(C)(F)C[C@H](N=C(c1ccccc1)C(F)(F)F)C(=O)[O-].CC(C)(F)C[C@H](N[C@H](c1ccccc1)C(F)(F)F)C(=O)O.[BH4-].[K+].[Na+]. The summed E-state index contributed by atoms with van der Waals surface area (Å²) >= 11 is 0. The van der Waals surface area contributed by atoms with Crippen molar-refractivity contribution in [3.05, 3.63) is 71.8 Å². The fourth-order valence-electron chi connectivity index (χ4n) is 3.63. The Labute approximate surface area is 323 Å². The normalized spacial score (nSPS) is 14.2. The van der Waals surface area contributed by atoms with Crippen molar-refractivity contribution in [2.45, 2.75) is 82.4 Å². The van der Waals surface area contributed by atoms with Crippen LogP contribution in [0.3, 0.4) is 0 Å². The number of nitrogens with one attached hydrogen (secondary N) is 1. The number of nitrogens with zero attached hydrogens (tertiary/aromatic N) is 1. The van der Waals surface area contributed by atoms with Crippen LogP contribution in [0.1, 0.15) is 57.7 Å². The molecule has 3 atom stereocenters. The molecule has 0 aromatic heterocycles. The van der Waals surface area contributed by atoms with Gasteiger partial charge in [0.25, 0.3) is 0 Å². The molecule has 0 unspecified atom stereocenters. The first-order chi connectivity index (χ1) is 19.0. The monoisotopic (exact) mass is 688 g/mol. The number of halogens is 8. The third kappa shape index (κ3) is 19.5. The molecule has 0 radical (unpaired) electrons. The van der Waals surface area contributed by atoms with Crippen LogP contribution in [0.2, 0.25) is 0 Å². The van der Waals surface area contributed by atoms with Crippen molar-refractivity contribution in [1.82, 2.24) is 5.32 Å². The molecule has 2 aromatic carbocycles. The maximum atomic E-state index is 13.6. The Morgan fingerprint density at radius 1 is 0.822 bits per heavy atom. The zero-order chi connectivity index (χ0) is 32.5. The van der Waals surface area contributed by atoms with E-state index in [4.69, 9.17) is 5.11 Å². The Morgan fingerprint density at radius 3 is 1.58 bits per heavy atom. The minimum atomic E-state index is -4.85. The van der Waals surface area contributed by atoms with Gasteiger partial charge in [0.2, 0.25) is 0 Å². The van der Waals surface area contributed by atoms with E-state index in [1.54, 1.807) is 6.07 Å². The number of benzene rings is 2. The number of carboxylic acids is 2. The fraction of sp³-hybridized carbons (Fsp3) is 0.464. The van der Waals surface area contributed by atoms with Gasteiger partial charge in [-0.05, 0) is 33.3 Å². The van der Waals surface area contributed by atoms with Gasteiger partial charge in [0.1, 0.15) is 29.1 Å². The Bertz CT molecular complexity index is 1190. The van der Waals surface area contributed by atoms with Gasteiger partial charge in [-0.1, -0.05) is 69.1 Å². The zero-order valence-corrected chi connectivity index (χ0v) is 30.2. The minimum Gasteiger partial charge on any atom is -0.548 e. The average Bonchev–Trinajstić information content (AvgIpc) is 2.82. The number of aliphatic carboxylic acids is 2. The first-order valence-electron chi connectivity index (χ1n) is 12.4.